The molecule has 0 aliphatic heterocycles. The topological polar surface area (TPSA) is 57.5 Å². The molecule has 0 saturated heterocycles. The first-order valence-corrected chi connectivity index (χ1v) is 4.96. The van der Waals surface area contributed by atoms with Gasteiger partial charge in [0.15, 0.2) is 0 Å². The van der Waals surface area contributed by atoms with Gasteiger partial charge in [0.2, 0.25) is 0 Å². The molecule has 0 radical (unpaired) electrons. The van der Waals surface area contributed by atoms with Gasteiger partial charge in [-0.25, -0.2) is 0 Å². The van der Waals surface area contributed by atoms with Gasteiger partial charge >= 0.3 is 7.60 Å². The van der Waals surface area contributed by atoms with Crippen LogP contribution in [-0.2, 0) is 10.7 Å². The van der Waals surface area contributed by atoms with Crippen molar-refractivity contribution in [2.45, 2.75) is 6.16 Å². The van der Waals surface area contributed by atoms with E-state index in [9.17, 15) is 4.57 Å². The van der Waals surface area contributed by atoms with E-state index in [2.05, 4.69) is 0 Å². The minimum absolute atomic E-state index is 0. The van der Waals surface area contributed by atoms with Crippen LogP contribution in [0.2, 0.25) is 0 Å². The average molecular weight is 245 g/mol. The maximum atomic E-state index is 10.5. The molecular weight excluding hydrogens is 234 g/mol. The van der Waals surface area contributed by atoms with Gasteiger partial charge in [-0.15, -0.1) is 24.8 Å². The normalized spacial score (nSPS) is 9.69. The Kier molecular flexibility index (Phi) is 7.61. The second-order valence-corrected chi connectivity index (χ2v) is 3.95. The molecule has 3 nitrogen and oxygen atoms in total. The van der Waals surface area contributed by atoms with Crippen LogP contribution in [0.25, 0.3) is 0 Å². The second-order valence-electron chi connectivity index (χ2n) is 2.31. The molecule has 0 spiro atoms. The van der Waals surface area contributed by atoms with Crippen molar-refractivity contribution in [1.29, 1.82) is 0 Å². The van der Waals surface area contributed by atoms with Crippen LogP contribution in [0.3, 0.4) is 0 Å². The lowest BCUT2D eigenvalue weighted by molar-refractivity contribution is 0.372. The molecule has 1 rings (SSSR count). The summed E-state index contributed by atoms with van der Waals surface area (Å²) >= 11 is 0. The van der Waals surface area contributed by atoms with Crippen molar-refractivity contribution in [3.8, 4) is 0 Å². The molecule has 1 aromatic carbocycles. The summed E-state index contributed by atoms with van der Waals surface area (Å²) < 4.78 is 10.5. The van der Waals surface area contributed by atoms with Gasteiger partial charge < -0.3 is 9.79 Å². The van der Waals surface area contributed by atoms with Crippen LogP contribution in [0.5, 0.6) is 0 Å². The number of halogens is 2. The lowest BCUT2D eigenvalue weighted by Crippen LogP contribution is -1.84. The highest BCUT2D eigenvalue weighted by Crippen LogP contribution is 2.38. The number of hydrogen-bond donors (Lipinski definition) is 2. The molecule has 0 fully saturated rings. The Hall–Kier alpha value is -0.0500. The Bertz CT molecular complexity index is 272. The van der Waals surface area contributed by atoms with E-state index in [4.69, 9.17) is 9.79 Å². The first-order valence-electron chi connectivity index (χ1n) is 3.16. The van der Waals surface area contributed by atoms with Crippen LogP contribution < -0.4 is 0 Å². The third-order valence-electron chi connectivity index (χ3n) is 1.23. The lowest BCUT2D eigenvalue weighted by Gasteiger charge is -2.01. The van der Waals surface area contributed by atoms with Crippen molar-refractivity contribution in [2.75, 3.05) is 0 Å². The quantitative estimate of drug-likeness (QED) is 0.785. The summed E-state index contributed by atoms with van der Waals surface area (Å²) in [7, 11) is -3.89. The molecule has 2 N–H and O–H groups in total. The lowest BCUT2D eigenvalue weighted by atomic mass is 10.2. The van der Waals surface area contributed by atoms with Gasteiger partial charge in [0.1, 0.15) is 0 Å². The Morgan fingerprint density at radius 1 is 1.08 bits per heavy atom. The predicted molar refractivity (Wildman–Crippen MR) is 56.7 cm³/mol. The Labute approximate surface area is 89.2 Å². The fraction of sp³-hybridized carbons (Fsp3) is 0.143. The van der Waals surface area contributed by atoms with Gasteiger partial charge in [-0.05, 0) is 5.56 Å². The zero-order chi connectivity index (χ0) is 8.32. The molecule has 0 heterocycles. The van der Waals surface area contributed by atoms with Crippen molar-refractivity contribution < 1.29 is 14.4 Å². The monoisotopic (exact) mass is 244 g/mol. The Morgan fingerprint density at radius 3 is 1.92 bits per heavy atom. The van der Waals surface area contributed by atoms with E-state index in [-0.39, 0.29) is 31.0 Å². The summed E-state index contributed by atoms with van der Waals surface area (Å²) in [5.74, 6) is 0. The van der Waals surface area contributed by atoms with Crippen LogP contribution in [0.15, 0.2) is 30.3 Å². The summed E-state index contributed by atoms with van der Waals surface area (Å²) in [5.41, 5.74) is 0.667. The summed E-state index contributed by atoms with van der Waals surface area (Å²) in [5, 5.41) is 0. The molecule has 0 bridgehead atoms. The smallest absolute Gasteiger partial charge is 0.324 e. The van der Waals surface area contributed by atoms with Gasteiger partial charge in [-0.1, -0.05) is 30.3 Å². The van der Waals surface area contributed by atoms with Crippen molar-refractivity contribution in [1.82, 2.24) is 0 Å². The number of hydrogen-bond acceptors (Lipinski definition) is 1. The van der Waals surface area contributed by atoms with E-state index in [1.807, 2.05) is 6.07 Å². The highest BCUT2D eigenvalue weighted by Gasteiger charge is 2.12. The third kappa shape index (κ3) is 7.05. The van der Waals surface area contributed by atoms with Gasteiger partial charge in [0, 0.05) is 0 Å². The van der Waals surface area contributed by atoms with E-state index in [0.717, 1.165) is 0 Å². The second kappa shape index (κ2) is 6.41. The molecule has 6 heteroatoms. The van der Waals surface area contributed by atoms with E-state index >= 15 is 0 Å². The molecule has 1 aromatic rings. The van der Waals surface area contributed by atoms with E-state index in [1.165, 1.54) is 0 Å². The van der Waals surface area contributed by atoms with Gasteiger partial charge in [0.25, 0.3) is 0 Å². The third-order valence-corrected chi connectivity index (χ3v) is 2.01. The van der Waals surface area contributed by atoms with Crippen LogP contribution in [0, 0.1) is 0 Å². The first-order chi connectivity index (χ1) is 5.08. The SMILES string of the molecule is Cl.Cl.O=P(O)(O)Cc1ccccc1. The molecule has 0 atom stereocenters. The maximum absolute atomic E-state index is 10.5. The van der Waals surface area contributed by atoms with Gasteiger partial charge in [0.05, 0.1) is 6.16 Å². The molecule has 0 amide bonds. The zero-order valence-electron chi connectivity index (χ0n) is 6.66. The van der Waals surface area contributed by atoms with Crippen molar-refractivity contribution >= 4 is 32.4 Å². The molecule has 0 aliphatic carbocycles. The van der Waals surface area contributed by atoms with Crippen LogP contribution in [0.1, 0.15) is 5.56 Å². The highest BCUT2D eigenvalue weighted by atomic mass is 35.5. The van der Waals surface area contributed by atoms with E-state index in [1.54, 1.807) is 24.3 Å². The minimum Gasteiger partial charge on any atom is -0.324 e. The molecular formula is C7H11Cl2O3P. The van der Waals surface area contributed by atoms with Gasteiger partial charge in [-0.2, -0.15) is 0 Å². The molecule has 0 saturated carbocycles. The summed E-state index contributed by atoms with van der Waals surface area (Å²) in [6.45, 7) is 0. The van der Waals surface area contributed by atoms with Crippen molar-refractivity contribution in [2.24, 2.45) is 0 Å². The average Bonchev–Trinajstić information content (AvgIpc) is 1.85. The van der Waals surface area contributed by atoms with Gasteiger partial charge in [-0.3, -0.25) is 4.57 Å². The molecule has 13 heavy (non-hydrogen) atoms. The summed E-state index contributed by atoms with van der Waals surface area (Å²) in [6, 6.07) is 8.71. The molecule has 76 valence electrons. The first kappa shape index (κ1) is 15.4. The Morgan fingerprint density at radius 2 is 1.54 bits per heavy atom. The predicted octanol–water partition coefficient (Wildman–Crippen LogP) is 2.21. The highest BCUT2D eigenvalue weighted by molar-refractivity contribution is 7.50. The van der Waals surface area contributed by atoms with Crippen LogP contribution >= 0.6 is 32.4 Å². The molecule has 0 aromatic heterocycles. The minimum atomic E-state index is -3.89. The Balaban J connectivity index is 0. The summed E-state index contributed by atoms with van der Waals surface area (Å²) in [6.07, 6.45) is -0.173. The number of benzene rings is 1. The zero-order valence-corrected chi connectivity index (χ0v) is 9.19. The molecule has 0 aliphatic rings. The van der Waals surface area contributed by atoms with E-state index in [0.29, 0.717) is 5.56 Å². The van der Waals surface area contributed by atoms with E-state index < -0.39 is 7.60 Å². The van der Waals surface area contributed by atoms with Crippen molar-refractivity contribution in [3.05, 3.63) is 35.9 Å². The molecule has 0 unspecified atom stereocenters. The standard InChI is InChI=1S/C7H9O3P.2ClH/c8-11(9,10)6-7-4-2-1-3-5-7;;/h1-5H,6H2,(H2,8,9,10);2*1H. The fourth-order valence-electron chi connectivity index (χ4n) is 0.821. The maximum Gasteiger partial charge on any atom is 0.329 e. The van der Waals surface area contributed by atoms with Crippen LogP contribution in [0.4, 0.5) is 0 Å². The summed E-state index contributed by atoms with van der Waals surface area (Å²) in [4.78, 5) is 17.2. The fourth-order valence-corrected chi connectivity index (χ4v) is 1.51. The van der Waals surface area contributed by atoms with Crippen LogP contribution in [-0.4, -0.2) is 9.79 Å². The number of rotatable bonds is 2. The largest absolute Gasteiger partial charge is 0.329 e. The van der Waals surface area contributed by atoms with Crippen molar-refractivity contribution in [3.63, 3.8) is 0 Å².